The van der Waals surface area contributed by atoms with Crippen LogP contribution < -0.4 is 27.4 Å². The van der Waals surface area contributed by atoms with Gasteiger partial charge in [-0.05, 0) is 55.6 Å². The molecular weight excluding hydrogens is 696 g/mol. The number of aliphatic carboxylic acids is 1. The van der Waals surface area contributed by atoms with E-state index >= 15 is 0 Å². The third-order valence-corrected chi connectivity index (χ3v) is 11.0. The van der Waals surface area contributed by atoms with Gasteiger partial charge < -0.3 is 47.3 Å². The van der Waals surface area contributed by atoms with Gasteiger partial charge >= 0.3 is 5.97 Å². The van der Waals surface area contributed by atoms with E-state index in [0.29, 0.717) is 44.2 Å². The summed E-state index contributed by atoms with van der Waals surface area (Å²) in [5.74, 6) is -5.10. The molecular formula is C38H56N8O8. The molecule has 3 heterocycles. The number of likely N-dealkylation sites (tertiary alicyclic amines) is 2. The highest BCUT2D eigenvalue weighted by Crippen LogP contribution is 2.25. The van der Waals surface area contributed by atoms with Gasteiger partial charge in [0, 0.05) is 43.0 Å². The summed E-state index contributed by atoms with van der Waals surface area (Å²) in [5.41, 5.74) is 13.1. The third-order valence-electron chi connectivity index (χ3n) is 11.0. The SMILES string of the molecule is CC[C@H](C)[C@H](N)C(=O)N1CCC[C@H]1C(=O)N[C@H](C(=O)N1CCC[C@H]1C(=O)N[C@@H](CCC(N)=O)C(=O)N[C@@H](Cc1c[nH]c2ccccc12)C(=O)O)[C@@H](C)CC. The highest BCUT2D eigenvalue weighted by molar-refractivity contribution is 5.97. The molecule has 16 nitrogen and oxygen atoms in total. The summed E-state index contributed by atoms with van der Waals surface area (Å²) in [7, 11) is 0. The van der Waals surface area contributed by atoms with Crippen LogP contribution in [-0.4, -0.2) is 111 Å². The van der Waals surface area contributed by atoms with Crippen LogP contribution in [0.15, 0.2) is 30.5 Å². The largest absolute Gasteiger partial charge is 0.480 e. The summed E-state index contributed by atoms with van der Waals surface area (Å²) in [6, 6.07) is 1.13. The molecule has 2 saturated heterocycles. The van der Waals surface area contributed by atoms with Crippen molar-refractivity contribution in [1.82, 2.24) is 30.7 Å². The van der Waals surface area contributed by atoms with Gasteiger partial charge in [-0.15, -0.1) is 0 Å². The molecule has 0 bridgehead atoms. The number of benzene rings is 1. The molecule has 1 aromatic heterocycles. The highest BCUT2D eigenvalue weighted by atomic mass is 16.4. The normalized spacial score (nSPS) is 20.4. The summed E-state index contributed by atoms with van der Waals surface area (Å²) >= 11 is 0. The number of carboxylic acid groups (broad SMARTS) is 1. The molecule has 8 atom stereocenters. The van der Waals surface area contributed by atoms with Gasteiger partial charge in [0.15, 0.2) is 0 Å². The van der Waals surface area contributed by atoms with Gasteiger partial charge in [0.25, 0.3) is 0 Å². The van der Waals surface area contributed by atoms with Crippen molar-refractivity contribution in [2.45, 2.75) is 122 Å². The summed E-state index contributed by atoms with van der Waals surface area (Å²) < 4.78 is 0. The zero-order valence-electron chi connectivity index (χ0n) is 31.6. The van der Waals surface area contributed by atoms with Gasteiger partial charge in [0.05, 0.1) is 6.04 Å². The van der Waals surface area contributed by atoms with E-state index in [1.54, 1.807) is 6.20 Å². The number of H-pyrrole nitrogens is 1. The second-order valence-electron chi connectivity index (χ2n) is 14.7. The van der Waals surface area contributed by atoms with Crippen molar-refractivity contribution in [3.8, 4) is 0 Å². The molecule has 16 heteroatoms. The lowest BCUT2D eigenvalue weighted by atomic mass is 9.96. The van der Waals surface area contributed by atoms with E-state index in [1.165, 1.54) is 9.80 Å². The van der Waals surface area contributed by atoms with Crippen molar-refractivity contribution in [1.29, 1.82) is 0 Å². The molecule has 54 heavy (non-hydrogen) atoms. The number of aromatic nitrogens is 1. The summed E-state index contributed by atoms with van der Waals surface area (Å²) in [4.78, 5) is 98.5. The predicted octanol–water partition coefficient (Wildman–Crippen LogP) is 0.916. The number of nitrogens with zero attached hydrogens (tertiary/aromatic N) is 2. The summed E-state index contributed by atoms with van der Waals surface area (Å²) in [5, 5.41) is 18.9. The molecule has 9 N–H and O–H groups in total. The predicted molar refractivity (Wildman–Crippen MR) is 200 cm³/mol. The van der Waals surface area contributed by atoms with Gasteiger partial charge in [0.1, 0.15) is 30.2 Å². The van der Waals surface area contributed by atoms with Crippen molar-refractivity contribution >= 4 is 52.3 Å². The Morgan fingerprint density at radius 2 is 1.44 bits per heavy atom. The molecule has 2 aliphatic rings. The first-order chi connectivity index (χ1) is 25.7. The minimum Gasteiger partial charge on any atom is -0.480 e. The zero-order chi connectivity index (χ0) is 39.7. The number of primary amides is 1. The second-order valence-corrected chi connectivity index (χ2v) is 14.7. The topological polar surface area (TPSA) is 250 Å². The number of nitrogens with one attached hydrogen (secondary N) is 4. The quantitative estimate of drug-likeness (QED) is 0.114. The smallest absolute Gasteiger partial charge is 0.326 e. The fraction of sp³-hybridized carbons (Fsp3) is 0.605. The molecule has 0 radical (unpaired) electrons. The Hall–Kier alpha value is -4.99. The molecule has 0 saturated carbocycles. The zero-order valence-corrected chi connectivity index (χ0v) is 31.6. The van der Waals surface area contributed by atoms with Crippen LogP contribution in [-0.2, 0) is 40.0 Å². The van der Waals surface area contributed by atoms with E-state index in [0.717, 1.165) is 10.9 Å². The fourth-order valence-electron chi connectivity index (χ4n) is 7.22. The van der Waals surface area contributed by atoms with Crippen LogP contribution in [0.5, 0.6) is 0 Å². The number of carboxylic acids is 1. The average molecular weight is 753 g/mol. The number of para-hydroxylation sites is 1. The maximum absolute atomic E-state index is 14.2. The van der Waals surface area contributed by atoms with Crippen LogP contribution in [0.3, 0.4) is 0 Å². The Morgan fingerprint density at radius 1 is 0.852 bits per heavy atom. The lowest BCUT2D eigenvalue weighted by Gasteiger charge is -2.34. The minimum absolute atomic E-state index is 0.0490. The molecule has 2 fully saturated rings. The second kappa shape index (κ2) is 18.9. The fourth-order valence-corrected chi connectivity index (χ4v) is 7.22. The first-order valence-corrected chi connectivity index (χ1v) is 19.0. The molecule has 2 aliphatic heterocycles. The molecule has 1 aromatic carbocycles. The third kappa shape index (κ3) is 9.95. The van der Waals surface area contributed by atoms with E-state index in [2.05, 4.69) is 20.9 Å². The number of carbonyl (C=O) groups is 7. The van der Waals surface area contributed by atoms with E-state index < -0.39 is 71.8 Å². The number of rotatable bonds is 18. The number of hydrogen-bond acceptors (Lipinski definition) is 8. The van der Waals surface area contributed by atoms with Crippen LogP contribution >= 0.6 is 0 Å². The monoisotopic (exact) mass is 752 g/mol. The lowest BCUT2D eigenvalue weighted by molar-refractivity contribution is -0.145. The Balaban J connectivity index is 1.47. The Bertz CT molecular complexity index is 1700. The van der Waals surface area contributed by atoms with E-state index in [9.17, 15) is 38.7 Å². The van der Waals surface area contributed by atoms with E-state index in [-0.39, 0.29) is 50.0 Å². The Labute approximate surface area is 315 Å². The van der Waals surface area contributed by atoms with Crippen LogP contribution in [0.2, 0.25) is 0 Å². The summed E-state index contributed by atoms with van der Waals surface area (Å²) in [6.07, 6.45) is 4.21. The molecule has 0 aliphatic carbocycles. The van der Waals surface area contributed by atoms with Crippen molar-refractivity contribution in [3.05, 3.63) is 36.0 Å². The van der Waals surface area contributed by atoms with Crippen LogP contribution in [0.1, 0.15) is 84.6 Å². The first-order valence-electron chi connectivity index (χ1n) is 19.0. The number of amides is 6. The summed E-state index contributed by atoms with van der Waals surface area (Å²) in [6.45, 7) is 8.15. The van der Waals surface area contributed by atoms with Crippen molar-refractivity contribution < 1.29 is 38.7 Å². The molecule has 6 amide bonds. The van der Waals surface area contributed by atoms with Crippen molar-refractivity contribution in [3.63, 3.8) is 0 Å². The van der Waals surface area contributed by atoms with Crippen LogP contribution in [0, 0.1) is 11.8 Å². The number of carbonyl (C=O) groups excluding carboxylic acids is 6. The standard InChI is InChI=1S/C38H56N8O8/c1-5-21(3)31(40)36(51)45-17-9-14-29(45)35(50)44-32(22(4)6-2)37(52)46-18-10-13-28(46)34(49)42-26(15-16-30(39)47)33(48)43-27(38(53)54)19-23-20-41-25-12-8-7-11-24(23)25/h7-8,11-12,20-22,26-29,31-32,41H,5-6,9-10,13-19,40H2,1-4H3,(H2,39,47)(H,42,49)(H,43,48)(H,44,50)(H,53,54)/t21-,22-,26-,27-,28-,29-,31-,32-/m0/s1. The van der Waals surface area contributed by atoms with Gasteiger partial charge in [0.2, 0.25) is 35.4 Å². The number of fused-ring (bicyclic) bond motifs is 1. The number of nitrogens with two attached hydrogens (primary N) is 2. The van der Waals surface area contributed by atoms with Gasteiger partial charge in [-0.1, -0.05) is 58.7 Å². The Morgan fingerprint density at radius 3 is 2.04 bits per heavy atom. The van der Waals surface area contributed by atoms with E-state index in [4.69, 9.17) is 11.5 Å². The van der Waals surface area contributed by atoms with Gasteiger partial charge in [-0.2, -0.15) is 0 Å². The number of aromatic amines is 1. The first kappa shape index (κ1) is 41.8. The maximum Gasteiger partial charge on any atom is 0.326 e. The molecule has 0 unspecified atom stereocenters. The minimum atomic E-state index is -1.36. The average Bonchev–Trinajstić information content (AvgIpc) is 3.94. The van der Waals surface area contributed by atoms with Crippen molar-refractivity contribution in [2.24, 2.45) is 23.3 Å². The van der Waals surface area contributed by atoms with Crippen LogP contribution in [0.4, 0.5) is 0 Å². The van der Waals surface area contributed by atoms with Gasteiger partial charge in [-0.3, -0.25) is 28.8 Å². The molecule has 0 spiro atoms. The molecule has 296 valence electrons. The van der Waals surface area contributed by atoms with Crippen LogP contribution in [0.25, 0.3) is 10.9 Å². The van der Waals surface area contributed by atoms with Gasteiger partial charge in [-0.25, -0.2) is 4.79 Å². The number of hydrogen-bond donors (Lipinski definition) is 7. The highest BCUT2D eigenvalue weighted by Gasteiger charge is 2.43. The lowest BCUT2D eigenvalue weighted by Crippen LogP contribution is -2.60. The molecule has 2 aromatic rings. The Kier molecular flexibility index (Phi) is 14.6. The maximum atomic E-state index is 14.2. The van der Waals surface area contributed by atoms with Crippen molar-refractivity contribution in [2.75, 3.05) is 13.1 Å². The van der Waals surface area contributed by atoms with E-state index in [1.807, 2.05) is 52.0 Å². The molecule has 4 rings (SSSR count).